The van der Waals surface area contributed by atoms with Crippen LogP contribution in [0.1, 0.15) is 35.6 Å². The van der Waals surface area contributed by atoms with Crippen molar-refractivity contribution in [3.05, 3.63) is 71.3 Å². The van der Waals surface area contributed by atoms with Crippen molar-refractivity contribution in [3.63, 3.8) is 0 Å². The molecular formula is C21H24N2O2. The fraction of sp³-hybridized carbons (Fsp3) is 0.381. The molecule has 130 valence electrons. The van der Waals surface area contributed by atoms with Gasteiger partial charge in [-0.1, -0.05) is 42.5 Å². The summed E-state index contributed by atoms with van der Waals surface area (Å²) in [7, 11) is 0. The molecule has 1 saturated heterocycles. The van der Waals surface area contributed by atoms with Gasteiger partial charge in [0.25, 0.3) is 0 Å². The van der Waals surface area contributed by atoms with Gasteiger partial charge in [0.1, 0.15) is 0 Å². The molecule has 0 radical (unpaired) electrons. The fourth-order valence-electron chi connectivity index (χ4n) is 3.25. The Kier molecular flexibility index (Phi) is 6.19. The van der Waals surface area contributed by atoms with E-state index in [1.54, 1.807) is 12.1 Å². The zero-order valence-corrected chi connectivity index (χ0v) is 14.3. The summed E-state index contributed by atoms with van der Waals surface area (Å²) in [4.78, 5) is 2.26. The molecule has 1 N–H and O–H groups in total. The standard InChI is InChI=1S/C21H24N2O2/c22-13-17-8-10-19(11-9-17)21(24)16-23(15-20-7-4-12-25-20)14-18-5-2-1-3-6-18/h1-3,5-6,8-11,20-21,24H,4,7,12,14-16H2. The van der Waals surface area contributed by atoms with E-state index in [0.717, 1.165) is 38.1 Å². The summed E-state index contributed by atoms with van der Waals surface area (Å²) < 4.78 is 5.78. The minimum absolute atomic E-state index is 0.247. The zero-order chi connectivity index (χ0) is 17.5. The lowest BCUT2D eigenvalue weighted by molar-refractivity contribution is 0.0460. The van der Waals surface area contributed by atoms with E-state index in [1.807, 2.05) is 30.3 Å². The summed E-state index contributed by atoms with van der Waals surface area (Å²) in [6, 6.07) is 19.6. The quantitative estimate of drug-likeness (QED) is 0.843. The molecule has 0 spiro atoms. The molecule has 0 saturated carbocycles. The minimum Gasteiger partial charge on any atom is -0.387 e. The van der Waals surface area contributed by atoms with Crippen LogP contribution in [0.3, 0.4) is 0 Å². The Balaban J connectivity index is 1.67. The van der Waals surface area contributed by atoms with Crippen LogP contribution in [0.5, 0.6) is 0 Å². The molecule has 4 heteroatoms. The van der Waals surface area contributed by atoms with Crippen LogP contribution in [-0.4, -0.2) is 35.8 Å². The number of aliphatic hydroxyl groups is 1. The van der Waals surface area contributed by atoms with Crippen molar-refractivity contribution in [2.45, 2.75) is 31.6 Å². The van der Waals surface area contributed by atoms with Crippen LogP contribution in [0, 0.1) is 11.3 Å². The first kappa shape index (κ1) is 17.6. The van der Waals surface area contributed by atoms with Gasteiger partial charge in [-0.3, -0.25) is 4.90 Å². The van der Waals surface area contributed by atoms with Crippen LogP contribution in [0.15, 0.2) is 54.6 Å². The third kappa shape index (κ3) is 5.14. The smallest absolute Gasteiger partial charge is 0.0991 e. The summed E-state index contributed by atoms with van der Waals surface area (Å²) in [6.07, 6.45) is 1.86. The van der Waals surface area contributed by atoms with Gasteiger partial charge in [0.2, 0.25) is 0 Å². The van der Waals surface area contributed by atoms with Crippen molar-refractivity contribution in [2.24, 2.45) is 0 Å². The number of hydrogen-bond acceptors (Lipinski definition) is 4. The molecular weight excluding hydrogens is 312 g/mol. The molecule has 1 aliphatic rings. The van der Waals surface area contributed by atoms with E-state index in [-0.39, 0.29) is 6.10 Å². The number of hydrogen-bond donors (Lipinski definition) is 1. The van der Waals surface area contributed by atoms with Crippen LogP contribution in [0.2, 0.25) is 0 Å². The normalized spacial score (nSPS) is 18.2. The van der Waals surface area contributed by atoms with E-state index in [9.17, 15) is 5.11 Å². The molecule has 2 atom stereocenters. The Hall–Kier alpha value is -2.19. The monoisotopic (exact) mass is 336 g/mol. The Bertz CT molecular complexity index is 688. The predicted octanol–water partition coefficient (Wildman–Crippen LogP) is 3.27. The summed E-state index contributed by atoms with van der Waals surface area (Å²) >= 11 is 0. The molecule has 2 aromatic carbocycles. The van der Waals surface area contributed by atoms with Gasteiger partial charge in [0.05, 0.1) is 23.8 Å². The molecule has 0 amide bonds. The Morgan fingerprint density at radius 2 is 1.92 bits per heavy atom. The number of nitriles is 1. The average Bonchev–Trinajstić information content (AvgIpc) is 3.15. The molecule has 3 rings (SSSR count). The SMILES string of the molecule is N#Cc1ccc(C(O)CN(Cc2ccccc2)CC2CCCO2)cc1. The Morgan fingerprint density at radius 3 is 2.56 bits per heavy atom. The predicted molar refractivity (Wildman–Crippen MR) is 96.8 cm³/mol. The van der Waals surface area contributed by atoms with Gasteiger partial charge in [0, 0.05) is 26.2 Å². The second-order valence-electron chi connectivity index (χ2n) is 6.56. The third-order valence-corrected chi connectivity index (χ3v) is 4.59. The fourth-order valence-corrected chi connectivity index (χ4v) is 3.25. The van der Waals surface area contributed by atoms with E-state index in [0.29, 0.717) is 12.1 Å². The Morgan fingerprint density at radius 1 is 1.16 bits per heavy atom. The van der Waals surface area contributed by atoms with Gasteiger partial charge in [-0.25, -0.2) is 0 Å². The number of aliphatic hydroxyl groups excluding tert-OH is 1. The second kappa shape index (κ2) is 8.77. The maximum Gasteiger partial charge on any atom is 0.0991 e. The van der Waals surface area contributed by atoms with Gasteiger partial charge < -0.3 is 9.84 Å². The van der Waals surface area contributed by atoms with E-state index in [2.05, 4.69) is 23.1 Å². The van der Waals surface area contributed by atoms with Crippen LogP contribution < -0.4 is 0 Å². The van der Waals surface area contributed by atoms with Crippen LogP contribution in [0.25, 0.3) is 0 Å². The van der Waals surface area contributed by atoms with E-state index in [1.165, 1.54) is 5.56 Å². The molecule has 1 aliphatic heterocycles. The largest absolute Gasteiger partial charge is 0.387 e. The first-order valence-corrected chi connectivity index (χ1v) is 8.80. The van der Waals surface area contributed by atoms with Gasteiger partial charge in [-0.2, -0.15) is 5.26 Å². The van der Waals surface area contributed by atoms with Crippen LogP contribution >= 0.6 is 0 Å². The van der Waals surface area contributed by atoms with Gasteiger partial charge in [-0.15, -0.1) is 0 Å². The molecule has 2 aromatic rings. The molecule has 25 heavy (non-hydrogen) atoms. The maximum atomic E-state index is 10.6. The molecule has 0 bridgehead atoms. The maximum absolute atomic E-state index is 10.6. The van der Waals surface area contributed by atoms with Crippen molar-refractivity contribution in [2.75, 3.05) is 19.7 Å². The lowest BCUT2D eigenvalue weighted by atomic mass is 10.1. The second-order valence-corrected chi connectivity index (χ2v) is 6.56. The first-order valence-electron chi connectivity index (χ1n) is 8.80. The molecule has 1 fully saturated rings. The highest BCUT2D eigenvalue weighted by Crippen LogP contribution is 2.20. The van der Waals surface area contributed by atoms with Crippen molar-refractivity contribution in [1.29, 1.82) is 5.26 Å². The number of benzene rings is 2. The minimum atomic E-state index is -0.585. The number of rotatable bonds is 7. The molecule has 0 aliphatic carbocycles. The molecule has 2 unspecified atom stereocenters. The third-order valence-electron chi connectivity index (χ3n) is 4.59. The highest BCUT2D eigenvalue weighted by Gasteiger charge is 2.21. The van der Waals surface area contributed by atoms with Crippen molar-refractivity contribution < 1.29 is 9.84 Å². The summed E-state index contributed by atoms with van der Waals surface area (Å²) in [5, 5.41) is 19.5. The highest BCUT2D eigenvalue weighted by molar-refractivity contribution is 5.32. The number of nitrogens with zero attached hydrogens (tertiary/aromatic N) is 2. The lowest BCUT2D eigenvalue weighted by Gasteiger charge is -2.27. The van der Waals surface area contributed by atoms with E-state index in [4.69, 9.17) is 10.00 Å². The Labute approximate surface area is 149 Å². The zero-order valence-electron chi connectivity index (χ0n) is 14.3. The van der Waals surface area contributed by atoms with Gasteiger partial charge >= 0.3 is 0 Å². The molecule has 1 heterocycles. The molecule has 4 nitrogen and oxygen atoms in total. The highest BCUT2D eigenvalue weighted by atomic mass is 16.5. The van der Waals surface area contributed by atoms with E-state index < -0.39 is 6.10 Å². The summed E-state index contributed by atoms with van der Waals surface area (Å²) in [5.41, 5.74) is 2.67. The average molecular weight is 336 g/mol. The van der Waals surface area contributed by atoms with Gasteiger partial charge in [0.15, 0.2) is 0 Å². The van der Waals surface area contributed by atoms with Gasteiger partial charge in [-0.05, 0) is 36.1 Å². The topological polar surface area (TPSA) is 56.5 Å². The summed E-state index contributed by atoms with van der Waals surface area (Å²) in [5.74, 6) is 0. The summed E-state index contributed by atoms with van der Waals surface area (Å²) in [6.45, 7) is 2.99. The van der Waals surface area contributed by atoms with Crippen molar-refractivity contribution in [3.8, 4) is 6.07 Å². The first-order chi connectivity index (χ1) is 12.2. The lowest BCUT2D eigenvalue weighted by Crippen LogP contribution is -2.35. The molecule has 0 aromatic heterocycles. The van der Waals surface area contributed by atoms with Crippen LogP contribution in [-0.2, 0) is 11.3 Å². The van der Waals surface area contributed by atoms with Crippen molar-refractivity contribution >= 4 is 0 Å². The van der Waals surface area contributed by atoms with Crippen molar-refractivity contribution in [1.82, 2.24) is 4.90 Å². The van der Waals surface area contributed by atoms with E-state index >= 15 is 0 Å². The number of ether oxygens (including phenoxy) is 1. The van der Waals surface area contributed by atoms with Crippen LogP contribution in [0.4, 0.5) is 0 Å².